The smallest absolute Gasteiger partial charge is 0.305 e. The number of hydrogen-bond donors (Lipinski definition) is 3. The Bertz CT molecular complexity index is 1230. The Balaban J connectivity index is 1.52. The lowest BCUT2D eigenvalue weighted by atomic mass is 9.84. The van der Waals surface area contributed by atoms with Crippen molar-refractivity contribution >= 4 is 17.8 Å². The molecule has 3 atom stereocenters. The van der Waals surface area contributed by atoms with Crippen molar-refractivity contribution in [2.45, 2.75) is 102 Å². The van der Waals surface area contributed by atoms with Gasteiger partial charge in [0.1, 0.15) is 19.0 Å². The van der Waals surface area contributed by atoms with Crippen molar-refractivity contribution in [3.63, 3.8) is 0 Å². The summed E-state index contributed by atoms with van der Waals surface area (Å²) in [6, 6.07) is 16.7. The summed E-state index contributed by atoms with van der Waals surface area (Å²) in [6.45, 7) is 7.87. The molecule has 1 aliphatic carbocycles. The average Bonchev–Trinajstić information content (AvgIpc) is 3.09. The molecule has 3 N–H and O–H groups in total. The van der Waals surface area contributed by atoms with E-state index in [1.165, 1.54) is 19.3 Å². The van der Waals surface area contributed by atoms with Crippen LogP contribution in [0.4, 0.5) is 0 Å². The van der Waals surface area contributed by atoms with Crippen LogP contribution in [0.5, 0.6) is 5.75 Å². The summed E-state index contributed by atoms with van der Waals surface area (Å²) in [5.74, 6) is -0.255. The Morgan fingerprint density at radius 3 is 2.32 bits per heavy atom. The van der Waals surface area contributed by atoms with Gasteiger partial charge in [0.05, 0.1) is 24.6 Å². The number of benzene rings is 2. The summed E-state index contributed by atoms with van der Waals surface area (Å²) in [4.78, 5) is 39.0. The Labute approximate surface area is 281 Å². The normalized spacial score (nSPS) is 15.1. The minimum atomic E-state index is -0.628. The molecule has 0 spiro atoms. The van der Waals surface area contributed by atoms with Crippen molar-refractivity contribution in [1.29, 1.82) is 0 Å². The lowest BCUT2D eigenvalue weighted by Gasteiger charge is -2.28. The largest absolute Gasteiger partial charge is 0.489 e. The molecule has 1 saturated carbocycles. The molecule has 0 unspecified atom stereocenters. The first-order valence-electron chi connectivity index (χ1n) is 17.2. The van der Waals surface area contributed by atoms with E-state index in [1.807, 2.05) is 60.7 Å². The molecule has 2 aromatic rings. The zero-order valence-electron chi connectivity index (χ0n) is 27.9. The Morgan fingerprint density at radius 1 is 0.894 bits per heavy atom. The van der Waals surface area contributed by atoms with Crippen molar-refractivity contribution in [2.24, 2.45) is 11.8 Å². The predicted molar refractivity (Wildman–Crippen MR) is 186 cm³/mol. The van der Waals surface area contributed by atoms with Crippen LogP contribution in [0.1, 0.15) is 88.2 Å². The second kappa shape index (κ2) is 21.8. The lowest BCUT2D eigenvalue weighted by molar-refractivity contribution is -0.145. The first-order chi connectivity index (χ1) is 22.9. The topological polar surface area (TPSA) is 114 Å². The number of rotatable bonds is 22. The molecule has 47 heavy (non-hydrogen) atoms. The molecular formula is C39H54N2O6. The van der Waals surface area contributed by atoms with Gasteiger partial charge in [0, 0.05) is 12.8 Å². The molecule has 8 nitrogen and oxygen atoms in total. The summed E-state index contributed by atoms with van der Waals surface area (Å²) in [5, 5.41) is 16.0. The summed E-state index contributed by atoms with van der Waals surface area (Å²) < 4.78 is 11.5. The maximum atomic E-state index is 13.5. The number of carbonyl (C=O) groups is 3. The average molecular weight is 647 g/mol. The highest BCUT2D eigenvalue weighted by molar-refractivity contribution is 5.86. The molecule has 2 amide bonds. The molecule has 0 aromatic heterocycles. The van der Waals surface area contributed by atoms with Crippen molar-refractivity contribution in [3.8, 4) is 5.75 Å². The highest BCUT2D eigenvalue weighted by atomic mass is 16.5. The van der Waals surface area contributed by atoms with Crippen LogP contribution >= 0.6 is 0 Å². The molecule has 0 radical (unpaired) electrons. The molecule has 0 aliphatic heterocycles. The van der Waals surface area contributed by atoms with E-state index in [-0.39, 0.29) is 43.5 Å². The second-order valence-corrected chi connectivity index (χ2v) is 12.7. The van der Waals surface area contributed by atoms with Crippen molar-refractivity contribution < 1.29 is 29.0 Å². The van der Waals surface area contributed by atoms with Crippen LogP contribution in [0.15, 0.2) is 79.9 Å². The molecule has 0 bridgehead atoms. The summed E-state index contributed by atoms with van der Waals surface area (Å²) in [6.07, 6.45) is 13.6. The van der Waals surface area contributed by atoms with Crippen LogP contribution in [0.2, 0.25) is 0 Å². The van der Waals surface area contributed by atoms with E-state index in [0.717, 1.165) is 55.4 Å². The van der Waals surface area contributed by atoms with Gasteiger partial charge < -0.3 is 25.2 Å². The van der Waals surface area contributed by atoms with Crippen LogP contribution in [0.25, 0.3) is 0 Å². The van der Waals surface area contributed by atoms with Crippen molar-refractivity contribution in [1.82, 2.24) is 10.6 Å². The summed E-state index contributed by atoms with van der Waals surface area (Å²) in [5.41, 5.74) is 2.02. The number of esters is 1. The molecule has 8 heteroatoms. The lowest BCUT2D eigenvalue weighted by Crippen LogP contribution is -2.45. The Kier molecular flexibility index (Phi) is 17.4. The molecule has 1 fully saturated rings. The van der Waals surface area contributed by atoms with Gasteiger partial charge in [0.25, 0.3) is 0 Å². The number of aliphatic hydroxyl groups excluding tert-OH is 1. The SMILES string of the molecule is C=CCCCCC(=O)OC[C@H](CC1CCCCC1)NC(=O)[C@H](CC=C)CC(=O)N[C@H](CO)Cc1ccc(OCc2ccccc2)cc1. The van der Waals surface area contributed by atoms with Gasteiger partial charge in [-0.2, -0.15) is 0 Å². The van der Waals surface area contributed by atoms with E-state index in [9.17, 15) is 19.5 Å². The third-order valence-electron chi connectivity index (χ3n) is 8.67. The molecule has 3 rings (SSSR count). The van der Waals surface area contributed by atoms with Gasteiger partial charge in [0.2, 0.25) is 11.8 Å². The van der Waals surface area contributed by atoms with Crippen LogP contribution in [-0.4, -0.2) is 48.2 Å². The van der Waals surface area contributed by atoms with Crippen LogP contribution in [0.3, 0.4) is 0 Å². The zero-order chi connectivity index (χ0) is 33.7. The van der Waals surface area contributed by atoms with E-state index in [0.29, 0.717) is 31.8 Å². The number of aliphatic hydroxyl groups is 1. The highest BCUT2D eigenvalue weighted by Gasteiger charge is 2.27. The molecular weight excluding hydrogens is 592 g/mol. The number of amides is 2. The van der Waals surface area contributed by atoms with Crippen LogP contribution < -0.4 is 15.4 Å². The maximum absolute atomic E-state index is 13.5. The van der Waals surface area contributed by atoms with E-state index < -0.39 is 12.0 Å². The Hall–Kier alpha value is -3.91. The van der Waals surface area contributed by atoms with Gasteiger partial charge in [-0.1, -0.05) is 86.7 Å². The fourth-order valence-corrected chi connectivity index (χ4v) is 6.04. The van der Waals surface area contributed by atoms with E-state index in [1.54, 1.807) is 6.08 Å². The van der Waals surface area contributed by atoms with Gasteiger partial charge in [-0.3, -0.25) is 14.4 Å². The maximum Gasteiger partial charge on any atom is 0.305 e. The molecule has 2 aromatic carbocycles. The second-order valence-electron chi connectivity index (χ2n) is 12.7. The van der Waals surface area contributed by atoms with E-state index in [4.69, 9.17) is 9.47 Å². The standard InChI is InChI=1S/C39H54N2O6/c1-3-5-6-13-19-38(44)47-29-35(25-30-15-9-7-10-16-30)41-39(45)33(14-4-2)26-37(43)40-34(27-42)24-31-20-22-36(23-21-31)46-28-32-17-11-8-12-18-32/h3-4,8,11-12,17-18,20-23,30,33-35,42H,1-2,5-7,9-10,13-16,19,24-29H2,(H,40,43)(H,41,45)/t33-,34+,35+/m1/s1. The molecule has 0 heterocycles. The van der Waals surface area contributed by atoms with E-state index in [2.05, 4.69) is 23.8 Å². The third kappa shape index (κ3) is 15.0. The van der Waals surface area contributed by atoms with Crippen LogP contribution in [-0.2, 0) is 32.1 Å². The predicted octanol–water partition coefficient (Wildman–Crippen LogP) is 6.61. The van der Waals surface area contributed by atoms with Crippen LogP contribution in [0, 0.1) is 11.8 Å². The van der Waals surface area contributed by atoms with Gasteiger partial charge in [0.15, 0.2) is 0 Å². The Morgan fingerprint density at radius 2 is 1.64 bits per heavy atom. The van der Waals surface area contributed by atoms with Gasteiger partial charge in [-0.25, -0.2) is 0 Å². The first kappa shape index (κ1) is 37.5. The number of nitrogens with one attached hydrogen (secondary N) is 2. The monoisotopic (exact) mass is 646 g/mol. The third-order valence-corrected chi connectivity index (χ3v) is 8.67. The number of hydrogen-bond acceptors (Lipinski definition) is 6. The minimum absolute atomic E-state index is 0.0418. The van der Waals surface area contributed by atoms with Gasteiger partial charge in [-0.05, 0) is 67.7 Å². The van der Waals surface area contributed by atoms with Crippen molar-refractivity contribution in [2.75, 3.05) is 13.2 Å². The van der Waals surface area contributed by atoms with Gasteiger partial charge >= 0.3 is 5.97 Å². The minimum Gasteiger partial charge on any atom is -0.489 e. The molecule has 0 saturated heterocycles. The number of unbranched alkanes of at least 4 members (excludes halogenated alkanes) is 2. The summed E-state index contributed by atoms with van der Waals surface area (Å²) in [7, 11) is 0. The highest BCUT2D eigenvalue weighted by Crippen LogP contribution is 2.28. The number of ether oxygens (including phenoxy) is 2. The molecule has 1 aliphatic rings. The van der Waals surface area contributed by atoms with Crippen molar-refractivity contribution in [3.05, 3.63) is 91.0 Å². The quantitative estimate of drug-likeness (QED) is 0.0754. The first-order valence-corrected chi connectivity index (χ1v) is 17.2. The number of allylic oxidation sites excluding steroid dienone is 2. The van der Waals surface area contributed by atoms with E-state index >= 15 is 0 Å². The zero-order valence-corrected chi connectivity index (χ0v) is 27.9. The number of carbonyl (C=O) groups excluding carboxylic acids is 3. The summed E-state index contributed by atoms with van der Waals surface area (Å²) >= 11 is 0. The fraction of sp³-hybridized carbons (Fsp3) is 0.513. The van der Waals surface area contributed by atoms with Gasteiger partial charge in [-0.15, -0.1) is 13.2 Å². The molecule has 256 valence electrons. The fourth-order valence-electron chi connectivity index (χ4n) is 6.04.